The van der Waals surface area contributed by atoms with Gasteiger partial charge in [0, 0.05) is 5.92 Å². The minimum Gasteiger partial charge on any atom is -0.0732 e. The summed E-state index contributed by atoms with van der Waals surface area (Å²) in [5.74, 6) is 0.334. The first-order chi connectivity index (χ1) is 14.4. The van der Waals surface area contributed by atoms with Crippen molar-refractivity contribution in [3.63, 3.8) is 0 Å². The molecular formula is C29H20. The van der Waals surface area contributed by atoms with E-state index < -0.39 is 0 Å². The van der Waals surface area contributed by atoms with Crippen LogP contribution in [0.5, 0.6) is 0 Å². The molecule has 1 aliphatic carbocycles. The van der Waals surface area contributed by atoms with Gasteiger partial charge in [0.1, 0.15) is 0 Å². The SMILES string of the molecule is C1=CC=CC(c2ccc(-c3ccc4ccc5cccc6ccc3c4c56)cc2)C=C1. The largest absolute Gasteiger partial charge is 0.0732 e. The Balaban J connectivity index is 1.52. The van der Waals surface area contributed by atoms with Gasteiger partial charge < -0.3 is 0 Å². The lowest BCUT2D eigenvalue weighted by Crippen LogP contribution is -1.91. The lowest BCUT2D eigenvalue weighted by Gasteiger charge is -2.15. The average Bonchev–Trinajstić information content (AvgIpc) is 3.07. The molecule has 0 atom stereocenters. The Bertz CT molecular complexity index is 1400. The van der Waals surface area contributed by atoms with Crippen LogP contribution in [0.3, 0.4) is 0 Å². The summed E-state index contributed by atoms with van der Waals surface area (Å²) in [6, 6.07) is 29.2. The lowest BCUT2D eigenvalue weighted by molar-refractivity contribution is 1.09. The molecule has 0 saturated heterocycles. The fourth-order valence-corrected chi connectivity index (χ4v) is 4.65. The van der Waals surface area contributed by atoms with Gasteiger partial charge in [-0.3, -0.25) is 0 Å². The van der Waals surface area contributed by atoms with Gasteiger partial charge in [0.2, 0.25) is 0 Å². The van der Waals surface area contributed by atoms with E-state index >= 15 is 0 Å². The zero-order valence-electron chi connectivity index (χ0n) is 16.0. The Kier molecular flexibility index (Phi) is 3.64. The van der Waals surface area contributed by atoms with E-state index in [9.17, 15) is 0 Å². The van der Waals surface area contributed by atoms with Crippen molar-refractivity contribution in [3.05, 3.63) is 121 Å². The molecule has 0 radical (unpaired) electrons. The van der Waals surface area contributed by atoms with Crippen LogP contribution in [-0.2, 0) is 0 Å². The molecule has 6 rings (SSSR count). The van der Waals surface area contributed by atoms with Crippen molar-refractivity contribution in [1.29, 1.82) is 0 Å². The summed E-state index contributed by atoms with van der Waals surface area (Å²) in [7, 11) is 0. The maximum absolute atomic E-state index is 2.29. The first-order valence-electron chi connectivity index (χ1n) is 10.2. The molecule has 0 aliphatic heterocycles. The van der Waals surface area contributed by atoms with Gasteiger partial charge in [0.05, 0.1) is 0 Å². The first-order valence-corrected chi connectivity index (χ1v) is 10.2. The third kappa shape index (κ3) is 2.61. The van der Waals surface area contributed by atoms with E-state index in [1.165, 1.54) is 49.0 Å². The summed E-state index contributed by atoms with van der Waals surface area (Å²) < 4.78 is 0. The molecule has 0 bridgehead atoms. The monoisotopic (exact) mass is 368 g/mol. The average molecular weight is 368 g/mol. The van der Waals surface area contributed by atoms with Crippen molar-refractivity contribution in [1.82, 2.24) is 0 Å². The number of benzene rings is 5. The van der Waals surface area contributed by atoms with E-state index in [0.29, 0.717) is 5.92 Å². The zero-order chi connectivity index (χ0) is 19.2. The minimum absolute atomic E-state index is 0.334. The van der Waals surface area contributed by atoms with Crippen LogP contribution in [0.25, 0.3) is 43.4 Å². The second-order valence-electron chi connectivity index (χ2n) is 7.77. The van der Waals surface area contributed by atoms with Crippen molar-refractivity contribution in [2.24, 2.45) is 0 Å². The second kappa shape index (κ2) is 6.46. The third-order valence-electron chi connectivity index (χ3n) is 6.11. The minimum atomic E-state index is 0.334. The summed E-state index contributed by atoms with van der Waals surface area (Å²) in [5.41, 5.74) is 3.89. The summed E-state index contributed by atoms with van der Waals surface area (Å²) in [6.07, 6.45) is 12.9. The molecule has 5 aromatic carbocycles. The molecule has 0 N–H and O–H groups in total. The van der Waals surface area contributed by atoms with E-state index in [4.69, 9.17) is 0 Å². The molecule has 29 heavy (non-hydrogen) atoms. The van der Waals surface area contributed by atoms with Gasteiger partial charge in [-0.1, -0.05) is 115 Å². The normalized spacial score (nSPS) is 14.3. The highest BCUT2D eigenvalue weighted by molar-refractivity contribution is 6.25. The van der Waals surface area contributed by atoms with Crippen LogP contribution < -0.4 is 0 Å². The van der Waals surface area contributed by atoms with Gasteiger partial charge >= 0.3 is 0 Å². The molecule has 5 aromatic rings. The fraction of sp³-hybridized carbons (Fsp3) is 0.0345. The second-order valence-corrected chi connectivity index (χ2v) is 7.77. The van der Waals surface area contributed by atoms with Crippen LogP contribution in [0.1, 0.15) is 11.5 Å². The standard InChI is InChI=1S/C29H20/c1-2-4-7-20(6-3-1)21-10-12-22(13-11-21)26-18-16-25-15-14-23-8-5-9-24-17-19-27(26)29(25)28(23)24/h1-20H. The smallest absolute Gasteiger partial charge is 0.0204 e. The van der Waals surface area contributed by atoms with Crippen LogP contribution in [-0.4, -0.2) is 0 Å². The highest BCUT2D eigenvalue weighted by Crippen LogP contribution is 2.39. The van der Waals surface area contributed by atoms with E-state index in [1.54, 1.807) is 0 Å². The summed E-state index contributed by atoms with van der Waals surface area (Å²) in [4.78, 5) is 0. The van der Waals surface area contributed by atoms with Crippen LogP contribution >= 0.6 is 0 Å². The van der Waals surface area contributed by atoms with Crippen LogP contribution in [0.2, 0.25) is 0 Å². The van der Waals surface area contributed by atoms with Crippen LogP contribution in [0.15, 0.2) is 115 Å². The van der Waals surface area contributed by atoms with Gasteiger partial charge in [0.25, 0.3) is 0 Å². The molecule has 0 saturated carbocycles. The maximum Gasteiger partial charge on any atom is 0.0204 e. The Morgan fingerprint density at radius 1 is 0.483 bits per heavy atom. The summed E-state index contributed by atoms with van der Waals surface area (Å²) >= 11 is 0. The van der Waals surface area contributed by atoms with Crippen molar-refractivity contribution >= 4 is 32.3 Å². The predicted molar refractivity (Wildman–Crippen MR) is 126 cm³/mol. The molecule has 0 fully saturated rings. The van der Waals surface area contributed by atoms with Gasteiger partial charge in [-0.05, 0) is 49.0 Å². The van der Waals surface area contributed by atoms with Gasteiger partial charge in [-0.25, -0.2) is 0 Å². The zero-order valence-corrected chi connectivity index (χ0v) is 16.0. The molecule has 0 amide bonds. The predicted octanol–water partition coefficient (Wildman–Crippen LogP) is 8.02. The first kappa shape index (κ1) is 16.3. The molecule has 0 heterocycles. The van der Waals surface area contributed by atoms with Crippen LogP contribution in [0, 0.1) is 0 Å². The van der Waals surface area contributed by atoms with Crippen molar-refractivity contribution in [3.8, 4) is 11.1 Å². The maximum atomic E-state index is 2.29. The number of hydrogen-bond acceptors (Lipinski definition) is 0. The third-order valence-corrected chi connectivity index (χ3v) is 6.11. The Hall–Kier alpha value is -3.64. The highest BCUT2D eigenvalue weighted by atomic mass is 14.2. The number of hydrogen-bond donors (Lipinski definition) is 0. The molecule has 0 unspecified atom stereocenters. The molecule has 136 valence electrons. The van der Waals surface area contributed by atoms with Gasteiger partial charge in [-0.15, -0.1) is 0 Å². The highest BCUT2D eigenvalue weighted by Gasteiger charge is 2.12. The van der Waals surface area contributed by atoms with E-state index in [2.05, 4.69) is 115 Å². The van der Waals surface area contributed by atoms with Crippen LogP contribution in [0.4, 0.5) is 0 Å². The molecule has 0 nitrogen and oxygen atoms in total. The topological polar surface area (TPSA) is 0 Å². The van der Waals surface area contributed by atoms with Gasteiger partial charge in [-0.2, -0.15) is 0 Å². The molecule has 0 aromatic heterocycles. The summed E-state index contributed by atoms with van der Waals surface area (Å²) in [5, 5.41) is 8.02. The fourth-order valence-electron chi connectivity index (χ4n) is 4.65. The van der Waals surface area contributed by atoms with E-state index in [-0.39, 0.29) is 0 Å². The Morgan fingerprint density at radius 3 is 1.83 bits per heavy atom. The molecule has 0 spiro atoms. The Labute approximate surface area is 170 Å². The Morgan fingerprint density at radius 2 is 1.10 bits per heavy atom. The lowest BCUT2D eigenvalue weighted by atomic mass is 9.89. The van der Waals surface area contributed by atoms with Crippen molar-refractivity contribution in [2.75, 3.05) is 0 Å². The molecule has 1 aliphatic rings. The van der Waals surface area contributed by atoms with Gasteiger partial charge in [0.15, 0.2) is 0 Å². The van der Waals surface area contributed by atoms with Crippen molar-refractivity contribution in [2.45, 2.75) is 5.92 Å². The quantitative estimate of drug-likeness (QED) is 0.277. The van der Waals surface area contributed by atoms with E-state index in [0.717, 1.165) is 0 Å². The van der Waals surface area contributed by atoms with Crippen molar-refractivity contribution < 1.29 is 0 Å². The summed E-state index contributed by atoms with van der Waals surface area (Å²) in [6.45, 7) is 0. The molecule has 0 heteroatoms. The number of allylic oxidation sites excluding steroid dienone is 6. The van der Waals surface area contributed by atoms with E-state index in [1.807, 2.05) is 0 Å². The molecular weight excluding hydrogens is 348 g/mol. The number of rotatable bonds is 2.